The summed E-state index contributed by atoms with van der Waals surface area (Å²) in [7, 11) is 0. The van der Waals surface area contributed by atoms with Crippen molar-refractivity contribution in [2.24, 2.45) is 40.4 Å². The van der Waals surface area contributed by atoms with Crippen LogP contribution in [0.3, 0.4) is 0 Å². The van der Waals surface area contributed by atoms with Crippen molar-refractivity contribution in [2.45, 2.75) is 90.4 Å². The zero-order chi connectivity index (χ0) is 38.7. The van der Waals surface area contributed by atoms with E-state index in [1.54, 1.807) is 6.07 Å². The predicted molar refractivity (Wildman–Crippen MR) is 222 cm³/mol. The summed E-state index contributed by atoms with van der Waals surface area (Å²) in [5, 5.41) is 14.6. The summed E-state index contributed by atoms with van der Waals surface area (Å²) < 4.78 is 13.0. The van der Waals surface area contributed by atoms with Crippen LogP contribution in [0.2, 0.25) is 0 Å². The third kappa shape index (κ3) is 5.99. The molecule has 57 heavy (non-hydrogen) atoms. The van der Waals surface area contributed by atoms with Crippen molar-refractivity contribution in [1.82, 2.24) is 5.32 Å². The van der Waals surface area contributed by atoms with Crippen molar-refractivity contribution < 1.29 is 24.2 Å². The molecule has 6 nitrogen and oxygen atoms in total. The molecule has 3 aliphatic heterocycles. The summed E-state index contributed by atoms with van der Waals surface area (Å²) in [4.78, 5) is 29.3. The van der Waals surface area contributed by atoms with Crippen molar-refractivity contribution in [3.05, 3.63) is 130 Å². The average molecular weight is 762 g/mol. The number of hydrogen-bond acceptors (Lipinski definition) is 6. The van der Waals surface area contributed by atoms with Crippen LogP contribution in [0.1, 0.15) is 95.1 Å². The number of phenols is 1. The Morgan fingerprint density at radius 1 is 0.842 bits per heavy atom. The third-order valence-corrected chi connectivity index (χ3v) is 15.5. The van der Waals surface area contributed by atoms with E-state index in [9.17, 15) is 14.7 Å². The maximum atomic E-state index is 14.8. The Hall–Kier alpha value is -4.68. The van der Waals surface area contributed by atoms with Crippen LogP contribution in [-0.4, -0.2) is 30.1 Å². The van der Waals surface area contributed by atoms with Gasteiger partial charge in [0.05, 0.1) is 11.0 Å². The second-order valence-electron chi connectivity index (χ2n) is 18.1. The Labute approximate surface area is 337 Å². The van der Waals surface area contributed by atoms with Crippen LogP contribution in [0.4, 0.5) is 0 Å². The van der Waals surface area contributed by atoms with Crippen molar-refractivity contribution in [1.29, 1.82) is 0 Å². The summed E-state index contributed by atoms with van der Waals surface area (Å²) in [6.45, 7) is 4.38. The summed E-state index contributed by atoms with van der Waals surface area (Å²) in [5.41, 5.74) is 7.21. The maximum absolute atomic E-state index is 14.8. The Morgan fingerprint density at radius 3 is 2.35 bits per heavy atom. The molecule has 2 N–H and O–H groups in total. The zero-order valence-corrected chi connectivity index (χ0v) is 33.2. The quantitative estimate of drug-likeness (QED) is 0.211. The van der Waals surface area contributed by atoms with E-state index in [0.717, 1.165) is 97.2 Å². The molecule has 8 aliphatic rings. The Balaban J connectivity index is 1.13. The van der Waals surface area contributed by atoms with Crippen LogP contribution >= 0.6 is 0 Å². The van der Waals surface area contributed by atoms with Gasteiger partial charge in [-0.05, 0) is 165 Å². The fourth-order valence-electron chi connectivity index (χ4n) is 12.9. The number of esters is 2. The van der Waals surface area contributed by atoms with Gasteiger partial charge in [-0.2, -0.15) is 0 Å². The second kappa shape index (κ2) is 14.6. The SMILES string of the molecule is CCC(C=C1OC(=O)C2=C(c3cc(O)ccc3-c3ccccc3)C3CCC12C1C2=C(CCC31)C(=CCC1(C3CCNCC3)CCCC1)OC2=O)Cc1ccccc1. The van der Waals surface area contributed by atoms with Gasteiger partial charge >= 0.3 is 11.9 Å². The Kier molecular flexibility index (Phi) is 9.39. The van der Waals surface area contributed by atoms with Crippen molar-refractivity contribution in [2.75, 3.05) is 13.1 Å². The van der Waals surface area contributed by atoms with Gasteiger partial charge in [0.1, 0.15) is 17.3 Å². The van der Waals surface area contributed by atoms with E-state index in [2.05, 4.69) is 60.8 Å². The van der Waals surface area contributed by atoms with Crippen LogP contribution < -0.4 is 5.32 Å². The largest absolute Gasteiger partial charge is 0.508 e. The van der Waals surface area contributed by atoms with Gasteiger partial charge in [-0.15, -0.1) is 0 Å². The van der Waals surface area contributed by atoms with Crippen molar-refractivity contribution in [3.8, 4) is 16.9 Å². The molecular formula is C51H55NO5. The van der Waals surface area contributed by atoms with Crippen LogP contribution in [0.15, 0.2) is 119 Å². The van der Waals surface area contributed by atoms with E-state index >= 15 is 0 Å². The Morgan fingerprint density at radius 2 is 1.60 bits per heavy atom. The number of cyclic esters (lactones) is 2. The number of hydrogen-bond donors (Lipinski definition) is 2. The van der Waals surface area contributed by atoms with Gasteiger partial charge in [-0.25, -0.2) is 9.59 Å². The van der Waals surface area contributed by atoms with Crippen molar-refractivity contribution >= 4 is 17.5 Å². The first-order chi connectivity index (χ1) is 27.9. The topological polar surface area (TPSA) is 84.9 Å². The number of rotatable bonds is 9. The molecule has 2 saturated carbocycles. The van der Waals surface area contributed by atoms with Crippen LogP contribution in [0.25, 0.3) is 16.7 Å². The van der Waals surface area contributed by atoms with Crippen LogP contribution in [0, 0.1) is 40.4 Å². The van der Waals surface area contributed by atoms with Gasteiger partial charge in [0, 0.05) is 17.1 Å². The molecule has 2 saturated heterocycles. The van der Waals surface area contributed by atoms with E-state index in [1.807, 2.05) is 36.4 Å². The van der Waals surface area contributed by atoms with Gasteiger partial charge < -0.3 is 19.9 Å². The second-order valence-corrected chi connectivity index (χ2v) is 18.1. The normalized spacial score (nSPS) is 29.7. The standard InChI is InChI=1S/C51H55NO5/c1-2-32(29-33-11-5-3-6-12-33)30-43-51-26-19-38(44(47(51)49(55)57-43)41-31-36(53)15-16-37(41)34-13-7-4-8-14-34)39-17-18-40-42(56-48(54)45(40)46(39)51)20-25-50(23-9-10-24-50)35-21-27-52-28-22-35/h3-8,11-16,20,30-32,35,38-39,46,52-53H,2,9-10,17-19,21-29H2,1H3. The molecule has 0 radical (unpaired) electrons. The van der Waals surface area contributed by atoms with Crippen LogP contribution in [-0.2, 0) is 25.5 Å². The van der Waals surface area contributed by atoms with Gasteiger partial charge in [0.2, 0.25) is 0 Å². The lowest BCUT2D eigenvalue weighted by atomic mass is 9.44. The van der Waals surface area contributed by atoms with E-state index in [0.29, 0.717) is 17.3 Å². The monoisotopic (exact) mass is 761 g/mol. The molecule has 11 rings (SSSR count). The summed E-state index contributed by atoms with van der Waals surface area (Å²) >= 11 is 0. The van der Waals surface area contributed by atoms with Gasteiger partial charge in [0.25, 0.3) is 0 Å². The maximum Gasteiger partial charge on any atom is 0.340 e. The molecule has 5 atom stereocenters. The molecule has 6 heteroatoms. The first-order valence-electron chi connectivity index (χ1n) is 21.9. The van der Waals surface area contributed by atoms with Gasteiger partial charge in [0.15, 0.2) is 0 Å². The number of carbonyl (C=O) groups excluding carboxylic acids is 2. The van der Waals surface area contributed by atoms with E-state index in [4.69, 9.17) is 9.47 Å². The molecule has 4 fully saturated rings. The number of nitrogens with one attached hydrogen (secondary N) is 1. The number of phenolic OH excluding ortho intramolecular Hbond substituents is 1. The summed E-state index contributed by atoms with van der Waals surface area (Å²) in [6.07, 6.45) is 18.0. The Bertz CT molecular complexity index is 2200. The predicted octanol–water partition coefficient (Wildman–Crippen LogP) is 10.6. The number of ether oxygens (including phenoxy) is 2. The first kappa shape index (κ1) is 36.6. The minimum atomic E-state index is -0.799. The number of aromatic hydroxyl groups is 1. The highest BCUT2D eigenvalue weighted by Gasteiger charge is 2.68. The smallest absolute Gasteiger partial charge is 0.340 e. The fourth-order valence-corrected chi connectivity index (χ4v) is 12.9. The van der Waals surface area contributed by atoms with E-state index in [1.165, 1.54) is 44.1 Å². The summed E-state index contributed by atoms with van der Waals surface area (Å²) in [5.74, 6) is 1.92. The molecule has 1 spiro atoms. The lowest BCUT2D eigenvalue weighted by molar-refractivity contribution is -0.135. The molecule has 5 unspecified atom stereocenters. The number of carbonyl (C=O) groups is 2. The lowest BCUT2D eigenvalue weighted by Crippen LogP contribution is -2.52. The molecule has 3 heterocycles. The summed E-state index contributed by atoms with van der Waals surface area (Å²) in [6, 6.07) is 26.4. The number of piperidine rings is 1. The molecule has 0 amide bonds. The van der Waals surface area contributed by atoms with Crippen molar-refractivity contribution in [3.63, 3.8) is 0 Å². The first-order valence-corrected chi connectivity index (χ1v) is 21.9. The van der Waals surface area contributed by atoms with Gasteiger partial charge in [-0.3, -0.25) is 0 Å². The average Bonchev–Trinajstić information content (AvgIpc) is 3.95. The van der Waals surface area contributed by atoms with Gasteiger partial charge in [-0.1, -0.05) is 86.5 Å². The minimum Gasteiger partial charge on any atom is -0.508 e. The molecular weight excluding hydrogens is 707 g/mol. The zero-order valence-electron chi connectivity index (χ0n) is 33.2. The highest BCUT2D eigenvalue weighted by molar-refractivity contribution is 6.07. The fraction of sp³-hybridized carbons (Fsp3) is 0.451. The molecule has 3 aromatic rings. The lowest BCUT2D eigenvalue weighted by Gasteiger charge is -2.56. The van der Waals surface area contributed by atoms with Crippen LogP contribution in [0.5, 0.6) is 5.75 Å². The highest BCUT2D eigenvalue weighted by Crippen LogP contribution is 2.72. The van der Waals surface area contributed by atoms with E-state index < -0.39 is 5.41 Å². The molecule has 0 aromatic heterocycles. The highest BCUT2D eigenvalue weighted by atomic mass is 16.5. The molecule has 5 aliphatic carbocycles. The third-order valence-electron chi connectivity index (χ3n) is 15.5. The number of allylic oxidation sites excluding steroid dienone is 5. The molecule has 294 valence electrons. The molecule has 2 bridgehead atoms. The molecule has 3 aromatic carbocycles. The number of benzene rings is 3. The minimum absolute atomic E-state index is 0.0332. The number of fused-ring (bicyclic) bond motifs is 1. The van der Waals surface area contributed by atoms with E-state index in [-0.39, 0.29) is 46.8 Å².